The maximum absolute atomic E-state index is 12.2. The van der Waals surface area contributed by atoms with Crippen LogP contribution in [0, 0.1) is 5.41 Å². The standard InChI is InChI=1S/C23H38O10/c1-5-10-19(26)30-14-9-7-8-11-20(27)31-15-17(33-21(28)13-12-18(24)25)16-32-22(29)23(3,4)6-2/h17H,5-16H2,1-4H3,(H,24,25). The van der Waals surface area contributed by atoms with Crippen molar-refractivity contribution >= 4 is 29.8 Å². The zero-order valence-electron chi connectivity index (χ0n) is 20.2. The Bertz CT molecular complexity index is 641. The molecule has 33 heavy (non-hydrogen) atoms. The first-order valence-electron chi connectivity index (χ1n) is 11.4. The lowest BCUT2D eigenvalue weighted by molar-refractivity contribution is -0.170. The monoisotopic (exact) mass is 474 g/mol. The Balaban J connectivity index is 4.46. The quantitative estimate of drug-likeness (QED) is 0.179. The Hall–Kier alpha value is -2.65. The Morgan fingerprint density at radius 2 is 1.39 bits per heavy atom. The summed E-state index contributed by atoms with van der Waals surface area (Å²) in [4.78, 5) is 57.9. The number of hydrogen-bond donors (Lipinski definition) is 1. The predicted molar refractivity (Wildman–Crippen MR) is 117 cm³/mol. The van der Waals surface area contributed by atoms with Gasteiger partial charge in [-0.1, -0.05) is 13.8 Å². The van der Waals surface area contributed by atoms with Gasteiger partial charge in [0, 0.05) is 12.8 Å². The SMILES string of the molecule is CCCC(=O)OCCCCCC(=O)OCC(COC(=O)C(C)(C)CC)OC(=O)CCC(=O)O. The zero-order valence-corrected chi connectivity index (χ0v) is 20.2. The number of unbranched alkanes of at least 4 members (excludes halogenated alkanes) is 2. The molecule has 0 aliphatic rings. The van der Waals surface area contributed by atoms with Crippen LogP contribution in [0.1, 0.15) is 85.5 Å². The number of carbonyl (C=O) groups excluding carboxylic acids is 4. The van der Waals surface area contributed by atoms with Crippen LogP contribution in [0.3, 0.4) is 0 Å². The Morgan fingerprint density at radius 1 is 0.758 bits per heavy atom. The highest BCUT2D eigenvalue weighted by atomic mass is 16.6. The summed E-state index contributed by atoms with van der Waals surface area (Å²) in [6.07, 6.45) is 1.85. The van der Waals surface area contributed by atoms with E-state index in [1.807, 2.05) is 13.8 Å². The summed E-state index contributed by atoms with van der Waals surface area (Å²) in [5.41, 5.74) is -0.723. The molecular formula is C23H38O10. The molecule has 0 spiro atoms. The number of rotatable bonds is 18. The van der Waals surface area contributed by atoms with Crippen molar-refractivity contribution in [2.24, 2.45) is 5.41 Å². The Kier molecular flexibility index (Phi) is 15.6. The summed E-state index contributed by atoms with van der Waals surface area (Å²) in [6, 6.07) is 0. The number of carboxylic acids is 1. The van der Waals surface area contributed by atoms with Crippen molar-refractivity contribution in [3.8, 4) is 0 Å². The van der Waals surface area contributed by atoms with Crippen molar-refractivity contribution in [1.29, 1.82) is 0 Å². The molecule has 0 aromatic carbocycles. The molecule has 0 aromatic rings. The highest BCUT2D eigenvalue weighted by Crippen LogP contribution is 2.21. The van der Waals surface area contributed by atoms with Crippen LogP contribution in [0.2, 0.25) is 0 Å². The van der Waals surface area contributed by atoms with Crippen LogP contribution >= 0.6 is 0 Å². The van der Waals surface area contributed by atoms with Crippen LogP contribution in [0.5, 0.6) is 0 Å². The first kappa shape index (κ1) is 30.4. The van der Waals surface area contributed by atoms with Gasteiger partial charge in [0.05, 0.1) is 24.9 Å². The van der Waals surface area contributed by atoms with E-state index in [1.165, 1.54) is 0 Å². The molecular weight excluding hydrogens is 436 g/mol. The van der Waals surface area contributed by atoms with E-state index in [1.54, 1.807) is 13.8 Å². The molecule has 0 aliphatic heterocycles. The molecule has 1 N–H and O–H groups in total. The van der Waals surface area contributed by atoms with Gasteiger partial charge < -0.3 is 24.1 Å². The van der Waals surface area contributed by atoms with Gasteiger partial charge >= 0.3 is 29.8 Å². The van der Waals surface area contributed by atoms with Gasteiger partial charge in [-0.3, -0.25) is 24.0 Å². The highest BCUT2D eigenvalue weighted by molar-refractivity contribution is 5.77. The van der Waals surface area contributed by atoms with Gasteiger partial charge in [0.2, 0.25) is 0 Å². The van der Waals surface area contributed by atoms with Crippen molar-refractivity contribution in [3.63, 3.8) is 0 Å². The smallest absolute Gasteiger partial charge is 0.311 e. The van der Waals surface area contributed by atoms with Crippen molar-refractivity contribution < 1.29 is 48.0 Å². The maximum atomic E-state index is 12.2. The fourth-order valence-corrected chi connectivity index (χ4v) is 2.35. The van der Waals surface area contributed by atoms with Crippen LogP contribution in [0.25, 0.3) is 0 Å². The van der Waals surface area contributed by atoms with Gasteiger partial charge in [-0.25, -0.2) is 0 Å². The lowest BCUT2D eigenvalue weighted by Crippen LogP contribution is -2.34. The van der Waals surface area contributed by atoms with Crippen molar-refractivity contribution in [1.82, 2.24) is 0 Å². The molecule has 0 fully saturated rings. The van der Waals surface area contributed by atoms with E-state index < -0.39 is 41.8 Å². The van der Waals surface area contributed by atoms with Gasteiger partial charge in [0.25, 0.3) is 0 Å². The molecule has 0 amide bonds. The van der Waals surface area contributed by atoms with E-state index in [0.717, 1.165) is 6.42 Å². The minimum absolute atomic E-state index is 0.130. The maximum Gasteiger partial charge on any atom is 0.311 e. The summed E-state index contributed by atoms with van der Waals surface area (Å²) in [7, 11) is 0. The third-order valence-electron chi connectivity index (χ3n) is 4.85. The molecule has 190 valence electrons. The number of aliphatic carboxylic acids is 1. The van der Waals surface area contributed by atoms with Gasteiger partial charge in [-0.2, -0.15) is 0 Å². The average molecular weight is 475 g/mol. The van der Waals surface area contributed by atoms with Gasteiger partial charge in [0.1, 0.15) is 13.2 Å². The second-order valence-corrected chi connectivity index (χ2v) is 8.31. The predicted octanol–water partition coefficient (Wildman–Crippen LogP) is 3.19. The van der Waals surface area contributed by atoms with Crippen LogP contribution in [-0.2, 0) is 42.9 Å². The summed E-state index contributed by atoms with van der Waals surface area (Å²) < 4.78 is 20.5. The highest BCUT2D eigenvalue weighted by Gasteiger charge is 2.29. The summed E-state index contributed by atoms with van der Waals surface area (Å²) >= 11 is 0. The first-order valence-corrected chi connectivity index (χ1v) is 11.4. The molecule has 1 unspecified atom stereocenters. The fraction of sp³-hybridized carbons (Fsp3) is 0.783. The van der Waals surface area contributed by atoms with Crippen molar-refractivity contribution in [3.05, 3.63) is 0 Å². The van der Waals surface area contributed by atoms with Crippen LogP contribution in [0.15, 0.2) is 0 Å². The molecule has 0 aliphatic carbocycles. The number of carboxylic acid groups (broad SMARTS) is 1. The van der Waals surface area contributed by atoms with Crippen LogP contribution in [-0.4, -0.2) is 60.9 Å². The van der Waals surface area contributed by atoms with Gasteiger partial charge in [-0.15, -0.1) is 0 Å². The van der Waals surface area contributed by atoms with E-state index in [-0.39, 0.29) is 32.0 Å². The zero-order chi connectivity index (χ0) is 25.3. The second kappa shape index (κ2) is 16.9. The molecule has 0 saturated heterocycles. The fourth-order valence-electron chi connectivity index (χ4n) is 2.35. The number of hydrogen-bond acceptors (Lipinski definition) is 9. The lowest BCUT2D eigenvalue weighted by Gasteiger charge is -2.23. The van der Waals surface area contributed by atoms with Crippen molar-refractivity contribution in [2.45, 2.75) is 91.6 Å². The van der Waals surface area contributed by atoms with E-state index in [9.17, 15) is 24.0 Å². The Morgan fingerprint density at radius 3 is 2.00 bits per heavy atom. The van der Waals surface area contributed by atoms with Crippen LogP contribution < -0.4 is 0 Å². The minimum atomic E-state index is -1.15. The molecule has 0 aromatic heterocycles. The van der Waals surface area contributed by atoms with E-state index in [2.05, 4.69) is 0 Å². The summed E-state index contributed by atoms with van der Waals surface area (Å²) in [6.45, 7) is 6.85. The number of ether oxygens (including phenoxy) is 4. The molecule has 10 nitrogen and oxygen atoms in total. The third-order valence-corrected chi connectivity index (χ3v) is 4.85. The average Bonchev–Trinajstić information content (AvgIpc) is 2.76. The minimum Gasteiger partial charge on any atom is -0.481 e. The molecule has 10 heteroatoms. The molecule has 0 bridgehead atoms. The summed E-state index contributed by atoms with van der Waals surface area (Å²) in [5.74, 6) is -3.16. The molecule has 0 rings (SSSR count). The van der Waals surface area contributed by atoms with Crippen molar-refractivity contribution in [2.75, 3.05) is 19.8 Å². The van der Waals surface area contributed by atoms with Gasteiger partial charge in [-0.05, 0) is 46.0 Å². The normalized spacial score (nSPS) is 11.9. The lowest BCUT2D eigenvalue weighted by atomic mass is 9.91. The van der Waals surface area contributed by atoms with E-state index in [4.69, 9.17) is 24.1 Å². The number of carbonyl (C=O) groups is 5. The number of esters is 4. The first-order chi connectivity index (χ1) is 15.5. The molecule has 1 atom stereocenters. The summed E-state index contributed by atoms with van der Waals surface area (Å²) in [5, 5.41) is 8.68. The largest absolute Gasteiger partial charge is 0.481 e. The van der Waals surface area contributed by atoms with Crippen LogP contribution in [0.4, 0.5) is 0 Å². The Labute approximate surface area is 195 Å². The molecule has 0 radical (unpaired) electrons. The second-order valence-electron chi connectivity index (χ2n) is 8.31. The van der Waals surface area contributed by atoms with E-state index in [0.29, 0.717) is 38.7 Å². The third kappa shape index (κ3) is 15.7. The topological polar surface area (TPSA) is 142 Å². The van der Waals surface area contributed by atoms with E-state index >= 15 is 0 Å². The molecule has 0 saturated carbocycles. The molecule has 0 heterocycles. The van der Waals surface area contributed by atoms with Gasteiger partial charge in [0.15, 0.2) is 6.10 Å².